The van der Waals surface area contributed by atoms with Crippen molar-refractivity contribution in [1.82, 2.24) is 10.4 Å². The van der Waals surface area contributed by atoms with Crippen LogP contribution in [0.2, 0.25) is 0 Å². The second-order valence-electron chi connectivity index (χ2n) is 8.15. The summed E-state index contributed by atoms with van der Waals surface area (Å²) in [4.78, 5) is 14.8. The highest BCUT2D eigenvalue weighted by Gasteiger charge is 2.18. The van der Waals surface area contributed by atoms with Gasteiger partial charge in [-0.05, 0) is 41.5 Å². The van der Waals surface area contributed by atoms with Crippen molar-refractivity contribution in [2.75, 3.05) is 45.3 Å². The number of para-hydroxylation sites is 1. The molecule has 0 atom stereocenters. The number of piperazine rings is 1. The van der Waals surface area contributed by atoms with Gasteiger partial charge in [-0.25, -0.2) is 5.01 Å². The van der Waals surface area contributed by atoms with Crippen LogP contribution in [0.1, 0.15) is 11.1 Å². The number of hydrogen-bond acceptors (Lipinski definition) is 6. The van der Waals surface area contributed by atoms with Crippen LogP contribution in [0.4, 0.5) is 5.69 Å². The summed E-state index contributed by atoms with van der Waals surface area (Å²) >= 11 is 0. The summed E-state index contributed by atoms with van der Waals surface area (Å²) in [6.45, 7) is 3.61. The van der Waals surface area contributed by atoms with E-state index in [1.165, 1.54) is 11.8 Å². The van der Waals surface area contributed by atoms with Gasteiger partial charge in [0.15, 0.2) is 11.5 Å². The van der Waals surface area contributed by atoms with Crippen LogP contribution < -0.4 is 24.5 Å². The largest absolute Gasteiger partial charge is 0.493 e. The molecule has 35 heavy (non-hydrogen) atoms. The number of methoxy groups -OCH3 is 2. The van der Waals surface area contributed by atoms with Crippen molar-refractivity contribution >= 4 is 17.7 Å². The van der Waals surface area contributed by atoms with E-state index in [4.69, 9.17) is 14.2 Å². The summed E-state index contributed by atoms with van der Waals surface area (Å²) in [5.41, 5.74) is 5.98. The molecule has 1 fully saturated rings. The molecular formula is C28H31N3O4. The Morgan fingerprint density at radius 1 is 0.886 bits per heavy atom. The third kappa shape index (κ3) is 6.55. The van der Waals surface area contributed by atoms with E-state index in [-0.39, 0.29) is 5.91 Å². The van der Waals surface area contributed by atoms with E-state index >= 15 is 0 Å². The van der Waals surface area contributed by atoms with Crippen LogP contribution in [0.25, 0.3) is 6.08 Å². The number of carbonyl (C=O) groups excluding carboxylic acids is 1. The number of benzene rings is 3. The van der Waals surface area contributed by atoms with Crippen LogP contribution in [0, 0.1) is 0 Å². The number of ether oxygens (including phenoxy) is 3. The number of carbonyl (C=O) groups is 1. The lowest BCUT2D eigenvalue weighted by Gasteiger charge is -2.35. The van der Waals surface area contributed by atoms with Gasteiger partial charge in [-0.15, -0.1) is 0 Å². The molecular weight excluding hydrogens is 442 g/mol. The van der Waals surface area contributed by atoms with Gasteiger partial charge in [0.1, 0.15) is 6.61 Å². The second kappa shape index (κ2) is 11.9. The maximum atomic E-state index is 12.5. The topological polar surface area (TPSA) is 63.3 Å². The molecule has 1 saturated heterocycles. The molecule has 1 aliphatic heterocycles. The Kier molecular flexibility index (Phi) is 8.25. The Morgan fingerprint density at radius 3 is 2.09 bits per heavy atom. The highest BCUT2D eigenvalue weighted by Crippen LogP contribution is 2.39. The molecule has 7 heteroatoms. The molecule has 0 aromatic heterocycles. The highest BCUT2D eigenvalue weighted by atomic mass is 16.5. The molecule has 1 amide bonds. The monoisotopic (exact) mass is 473 g/mol. The number of nitrogens with one attached hydrogen (secondary N) is 1. The number of amides is 1. The number of rotatable bonds is 9. The normalized spacial score (nSPS) is 14.1. The average Bonchev–Trinajstić information content (AvgIpc) is 2.92. The van der Waals surface area contributed by atoms with Crippen LogP contribution in [-0.4, -0.2) is 51.3 Å². The van der Waals surface area contributed by atoms with E-state index in [9.17, 15) is 4.79 Å². The van der Waals surface area contributed by atoms with Crippen molar-refractivity contribution in [1.29, 1.82) is 0 Å². The van der Waals surface area contributed by atoms with Crippen LogP contribution >= 0.6 is 0 Å². The molecule has 1 heterocycles. The molecule has 3 aromatic rings. The minimum absolute atomic E-state index is 0.180. The second-order valence-corrected chi connectivity index (χ2v) is 8.15. The quantitative estimate of drug-likeness (QED) is 0.471. The van der Waals surface area contributed by atoms with Crippen molar-refractivity contribution in [3.05, 3.63) is 90.0 Å². The molecule has 0 radical (unpaired) electrons. The predicted molar refractivity (Wildman–Crippen MR) is 138 cm³/mol. The molecule has 1 aliphatic rings. The van der Waals surface area contributed by atoms with Crippen LogP contribution in [0.5, 0.6) is 17.2 Å². The third-order valence-electron chi connectivity index (χ3n) is 5.81. The Bertz CT molecular complexity index is 1100. The molecule has 0 spiro atoms. The molecule has 182 valence electrons. The first-order valence-corrected chi connectivity index (χ1v) is 11.6. The Balaban J connectivity index is 1.35. The average molecular weight is 474 g/mol. The molecule has 0 bridgehead atoms. The van der Waals surface area contributed by atoms with E-state index in [2.05, 4.69) is 22.5 Å². The lowest BCUT2D eigenvalue weighted by atomic mass is 10.1. The lowest BCUT2D eigenvalue weighted by molar-refractivity contribution is -0.121. The summed E-state index contributed by atoms with van der Waals surface area (Å²) in [6, 6.07) is 23.9. The molecule has 4 rings (SSSR count). The Hall–Kier alpha value is -3.97. The summed E-state index contributed by atoms with van der Waals surface area (Å²) in [5, 5.41) is 1.95. The molecule has 0 aliphatic carbocycles. The summed E-state index contributed by atoms with van der Waals surface area (Å²) in [7, 11) is 3.17. The fraction of sp³-hybridized carbons (Fsp3) is 0.250. The summed E-state index contributed by atoms with van der Waals surface area (Å²) in [6.07, 6.45) is 3.25. The minimum atomic E-state index is -0.180. The van der Waals surface area contributed by atoms with Crippen molar-refractivity contribution in [3.63, 3.8) is 0 Å². The van der Waals surface area contributed by atoms with Gasteiger partial charge in [0.2, 0.25) is 5.75 Å². The van der Waals surface area contributed by atoms with Gasteiger partial charge >= 0.3 is 0 Å². The summed E-state index contributed by atoms with van der Waals surface area (Å²) in [5.74, 6) is 1.42. The minimum Gasteiger partial charge on any atom is -0.493 e. The van der Waals surface area contributed by atoms with Crippen LogP contribution in [-0.2, 0) is 11.4 Å². The Morgan fingerprint density at radius 2 is 1.49 bits per heavy atom. The van der Waals surface area contributed by atoms with Gasteiger partial charge in [0, 0.05) is 37.9 Å². The zero-order valence-electron chi connectivity index (χ0n) is 20.1. The van der Waals surface area contributed by atoms with Gasteiger partial charge < -0.3 is 19.1 Å². The van der Waals surface area contributed by atoms with Crippen LogP contribution in [0.15, 0.2) is 78.9 Å². The predicted octanol–water partition coefficient (Wildman–Crippen LogP) is 4.15. The molecule has 7 nitrogen and oxygen atoms in total. The number of hydrazine groups is 1. The maximum absolute atomic E-state index is 12.5. The SMILES string of the molecule is COc1cc(/C=C/C(=O)NN2CCN(c3ccccc3)CC2)cc(OC)c1OCc1ccccc1. The van der Waals surface area contributed by atoms with Crippen molar-refractivity contribution < 1.29 is 19.0 Å². The molecule has 0 saturated carbocycles. The fourth-order valence-corrected chi connectivity index (χ4v) is 3.95. The van der Waals surface area contributed by atoms with Crippen molar-refractivity contribution in [2.24, 2.45) is 0 Å². The highest BCUT2D eigenvalue weighted by molar-refractivity contribution is 5.91. The van der Waals surface area contributed by atoms with Gasteiger partial charge in [-0.2, -0.15) is 0 Å². The first kappa shape index (κ1) is 24.2. The Labute approximate surface area is 206 Å². The van der Waals surface area contributed by atoms with E-state index < -0.39 is 0 Å². The van der Waals surface area contributed by atoms with Gasteiger partial charge in [-0.1, -0.05) is 48.5 Å². The standard InChI is InChI=1S/C28H31N3O4/c1-33-25-19-23(20-26(34-2)28(25)35-21-22-9-5-3-6-10-22)13-14-27(32)29-31-17-15-30(16-18-31)24-11-7-4-8-12-24/h3-14,19-20H,15-18,21H2,1-2H3,(H,29,32)/b14-13+. The zero-order chi connectivity index (χ0) is 24.5. The van der Waals surface area contributed by atoms with Crippen molar-refractivity contribution in [2.45, 2.75) is 6.61 Å². The van der Waals surface area contributed by atoms with E-state index in [1.54, 1.807) is 20.3 Å². The smallest absolute Gasteiger partial charge is 0.258 e. The number of nitrogens with zero attached hydrogens (tertiary/aromatic N) is 2. The number of hydrogen-bond donors (Lipinski definition) is 1. The van der Waals surface area contributed by atoms with Gasteiger partial charge in [0.25, 0.3) is 5.91 Å². The maximum Gasteiger partial charge on any atom is 0.258 e. The summed E-state index contributed by atoms with van der Waals surface area (Å²) < 4.78 is 17.1. The first-order valence-electron chi connectivity index (χ1n) is 11.6. The van der Waals surface area contributed by atoms with E-state index in [1.807, 2.05) is 65.7 Å². The molecule has 3 aromatic carbocycles. The van der Waals surface area contributed by atoms with Gasteiger partial charge in [-0.3, -0.25) is 10.2 Å². The van der Waals surface area contributed by atoms with Crippen molar-refractivity contribution in [3.8, 4) is 17.2 Å². The molecule has 1 N–H and O–H groups in total. The number of anilines is 1. The van der Waals surface area contributed by atoms with E-state index in [0.717, 1.165) is 37.3 Å². The third-order valence-corrected chi connectivity index (χ3v) is 5.81. The first-order chi connectivity index (χ1) is 17.2. The fourth-order valence-electron chi connectivity index (χ4n) is 3.95. The molecule has 0 unspecified atom stereocenters. The van der Waals surface area contributed by atoms with E-state index in [0.29, 0.717) is 23.9 Å². The van der Waals surface area contributed by atoms with Gasteiger partial charge in [0.05, 0.1) is 14.2 Å². The van der Waals surface area contributed by atoms with Crippen LogP contribution in [0.3, 0.4) is 0 Å². The zero-order valence-corrected chi connectivity index (χ0v) is 20.1. The lowest BCUT2D eigenvalue weighted by Crippen LogP contribution is -2.53.